The van der Waals surface area contributed by atoms with E-state index >= 15 is 0 Å². The molecule has 0 atom stereocenters. The molecule has 0 radical (unpaired) electrons. The van der Waals surface area contributed by atoms with Crippen molar-refractivity contribution < 1.29 is 9.53 Å². The van der Waals surface area contributed by atoms with E-state index in [9.17, 15) is 4.79 Å². The van der Waals surface area contributed by atoms with Crippen molar-refractivity contribution in [2.75, 3.05) is 25.1 Å². The van der Waals surface area contributed by atoms with Crippen LogP contribution in [0.25, 0.3) is 11.0 Å². The Labute approximate surface area is 132 Å². The molecule has 7 heteroatoms. The van der Waals surface area contributed by atoms with Crippen LogP contribution in [-0.2, 0) is 9.53 Å². The predicted molar refractivity (Wildman–Crippen MR) is 84.1 cm³/mol. The predicted octanol–water partition coefficient (Wildman–Crippen LogP) is 3.33. The number of fused-ring (bicyclic) bond motifs is 1. The molecule has 112 valence electrons. The van der Waals surface area contributed by atoms with Gasteiger partial charge in [-0.05, 0) is 18.6 Å². The molecule has 21 heavy (non-hydrogen) atoms. The van der Waals surface area contributed by atoms with Crippen molar-refractivity contribution in [1.82, 2.24) is 9.97 Å². The van der Waals surface area contributed by atoms with Crippen molar-refractivity contribution in [3.63, 3.8) is 0 Å². The molecule has 0 amide bonds. The smallest absolute Gasteiger partial charge is 0.325 e. The fourth-order valence-corrected chi connectivity index (χ4v) is 2.23. The number of carbonyl (C=O) groups is 1. The monoisotopic (exact) mass is 327 g/mol. The van der Waals surface area contributed by atoms with Crippen LogP contribution in [0.15, 0.2) is 18.3 Å². The van der Waals surface area contributed by atoms with Gasteiger partial charge in [-0.3, -0.25) is 9.78 Å². The van der Waals surface area contributed by atoms with Crippen LogP contribution in [0.4, 0.5) is 5.82 Å². The molecule has 0 fully saturated rings. The van der Waals surface area contributed by atoms with Gasteiger partial charge in [0.1, 0.15) is 12.4 Å². The zero-order valence-corrected chi connectivity index (χ0v) is 13.3. The second-order valence-corrected chi connectivity index (χ2v) is 5.30. The van der Waals surface area contributed by atoms with E-state index in [0.29, 0.717) is 33.4 Å². The Hall–Kier alpha value is -1.59. The van der Waals surface area contributed by atoms with Gasteiger partial charge in [0.25, 0.3) is 0 Å². The van der Waals surface area contributed by atoms with E-state index in [1.807, 2.05) is 11.8 Å². The number of halogens is 2. The highest BCUT2D eigenvalue weighted by molar-refractivity contribution is 6.42. The average molecular weight is 328 g/mol. The molecule has 1 aromatic heterocycles. The Morgan fingerprint density at radius 3 is 2.57 bits per heavy atom. The van der Waals surface area contributed by atoms with Crippen LogP contribution < -0.4 is 4.90 Å². The van der Waals surface area contributed by atoms with E-state index in [0.717, 1.165) is 6.42 Å². The van der Waals surface area contributed by atoms with Gasteiger partial charge in [-0.2, -0.15) is 0 Å². The lowest BCUT2D eigenvalue weighted by molar-refractivity contribution is -0.138. The van der Waals surface area contributed by atoms with Crippen molar-refractivity contribution in [3.05, 3.63) is 28.4 Å². The number of hydrogen-bond acceptors (Lipinski definition) is 5. The molecule has 1 heterocycles. The van der Waals surface area contributed by atoms with E-state index in [1.54, 1.807) is 18.3 Å². The molecule has 0 saturated carbocycles. The standard InChI is InChI=1S/C14H15Cl2N3O2/c1-3-4-19(8-14(20)21-2)13-7-17-11-5-9(15)10(16)6-12(11)18-13/h5-7H,3-4,8H2,1-2H3. The van der Waals surface area contributed by atoms with Gasteiger partial charge in [-0.1, -0.05) is 30.1 Å². The average Bonchev–Trinajstić information content (AvgIpc) is 2.47. The number of esters is 1. The molecular weight excluding hydrogens is 313 g/mol. The van der Waals surface area contributed by atoms with Gasteiger partial charge >= 0.3 is 5.97 Å². The van der Waals surface area contributed by atoms with Gasteiger partial charge in [0, 0.05) is 6.54 Å². The molecular formula is C14H15Cl2N3O2. The molecule has 0 aliphatic rings. The third-order valence-corrected chi connectivity index (χ3v) is 3.66. The Morgan fingerprint density at radius 2 is 1.95 bits per heavy atom. The van der Waals surface area contributed by atoms with Gasteiger partial charge in [-0.25, -0.2) is 4.98 Å². The van der Waals surface area contributed by atoms with E-state index in [4.69, 9.17) is 27.9 Å². The lowest BCUT2D eigenvalue weighted by atomic mass is 10.3. The van der Waals surface area contributed by atoms with E-state index in [1.165, 1.54) is 7.11 Å². The molecule has 2 rings (SSSR count). The summed E-state index contributed by atoms with van der Waals surface area (Å²) in [4.78, 5) is 22.1. The van der Waals surface area contributed by atoms with E-state index in [2.05, 4.69) is 9.97 Å². The second kappa shape index (κ2) is 6.91. The van der Waals surface area contributed by atoms with Crippen molar-refractivity contribution in [3.8, 4) is 0 Å². The number of methoxy groups -OCH3 is 1. The summed E-state index contributed by atoms with van der Waals surface area (Å²) in [6.45, 7) is 2.83. The lowest BCUT2D eigenvalue weighted by Crippen LogP contribution is -2.32. The summed E-state index contributed by atoms with van der Waals surface area (Å²) < 4.78 is 4.70. The highest BCUT2D eigenvalue weighted by Gasteiger charge is 2.14. The number of ether oxygens (including phenoxy) is 1. The largest absolute Gasteiger partial charge is 0.468 e. The highest BCUT2D eigenvalue weighted by Crippen LogP contribution is 2.27. The topological polar surface area (TPSA) is 55.3 Å². The van der Waals surface area contributed by atoms with Crippen molar-refractivity contribution in [2.45, 2.75) is 13.3 Å². The molecule has 0 bridgehead atoms. The summed E-state index contributed by atoms with van der Waals surface area (Å²) in [6.07, 6.45) is 2.49. The summed E-state index contributed by atoms with van der Waals surface area (Å²) in [7, 11) is 1.36. The number of hydrogen-bond donors (Lipinski definition) is 0. The SMILES string of the molecule is CCCN(CC(=O)OC)c1cnc2cc(Cl)c(Cl)cc2n1. The van der Waals surface area contributed by atoms with Crippen LogP contribution in [0, 0.1) is 0 Å². The Kier molecular flexibility index (Phi) is 5.20. The zero-order chi connectivity index (χ0) is 15.4. The molecule has 0 unspecified atom stereocenters. The quantitative estimate of drug-likeness (QED) is 0.788. The normalized spacial score (nSPS) is 10.7. The minimum absolute atomic E-state index is 0.131. The first-order valence-electron chi connectivity index (χ1n) is 6.48. The molecule has 0 saturated heterocycles. The van der Waals surface area contributed by atoms with Gasteiger partial charge in [0.05, 0.1) is 34.4 Å². The maximum atomic E-state index is 11.5. The fraction of sp³-hybridized carbons (Fsp3) is 0.357. The number of anilines is 1. The van der Waals surface area contributed by atoms with Crippen LogP contribution in [0.5, 0.6) is 0 Å². The van der Waals surface area contributed by atoms with Crippen molar-refractivity contribution in [2.24, 2.45) is 0 Å². The summed E-state index contributed by atoms with van der Waals surface area (Å²) in [5.41, 5.74) is 1.29. The fourth-order valence-electron chi connectivity index (χ4n) is 1.92. The first kappa shape index (κ1) is 15.8. The van der Waals surface area contributed by atoms with Gasteiger partial charge in [0.15, 0.2) is 0 Å². The van der Waals surface area contributed by atoms with Crippen LogP contribution in [0.3, 0.4) is 0 Å². The summed E-state index contributed by atoms with van der Waals surface area (Å²) in [5, 5.41) is 0.858. The van der Waals surface area contributed by atoms with Gasteiger partial charge < -0.3 is 9.64 Å². The van der Waals surface area contributed by atoms with Crippen molar-refractivity contribution in [1.29, 1.82) is 0 Å². The third-order valence-electron chi connectivity index (χ3n) is 2.94. The van der Waals surface area contributed by atoms with Crippen LogP contribution in [0.1, 0.15) is 13.3 Å². The summed E-state index contributed by atoms with van der Waals surface area (Å²) in [5.74, 6) is 0.285. The highest BCUT2D eigenvalue weighted by atomic mass is 35.5. The minimum Gasteiger partial charge on any atom is -0.468 e. The Balaban J connectivity index is 2.38. The molecule has 0 aliphatic carbocycles. The maximum absolute atomic E-state index is 11.5. The Bertz CT molecular complexity index is 664. The first-order valence-corrected chi connectivity index (χ1v) is 7.24. The Morgan fingerprint density at radius 1 is 1.29 bits per heavy atom. The number of nitrogens with zero attached hydrogens (tertiary/aromatic N) is 3. The zero-order valence-electron chi connectivity index (χ0n) is 11.8. The minimum atomic E-state index is -0.320. The molecule has 1 aromatic carbocycles. The van der Waals surface area contributed by atoms with Crippen molar-refractivity contribution >= 4 is 46.0 Å². The van der Waals surface area contributed by atoms with Gasteiger partial charge in [0.2, 0.25) is 0 Å². The number of carbonyl (C=O) groups excluding carboxylic acids is 1. The van der Waals surface area contributed by atoms with Crippen LogP contribution in [0.2, 0.25) is 10.0 Å². The third kappa shape index (κ3) is 3.74. The summed E-state index contributed by atoms with van der Waals surface area (Å²) >= 11 is 12.0. The van der Waals surface area contributed by atoms with Crippen LogP contribution >= 0.6 is 23.2 Å². The molecule has 2 aromatic rings. The number of aromatic nitrogens is 2. The summed E-state index contributed by atoms with van der Waals surface area (Å²) in [6, 6.07) is 3.33. The van der Waals surface area contributed by atoms with E-state index < -0.39 is 0 Å². The lowest BCUT2D eigenvalue weighted by Gasteiger charge is -2.21. The maximum Gasteiger partial charge on any atom is 0.325 e. The second-order valence-electron chi connectivity index (χ2n) is 4.48. The first-order chi connectivity index (χ1) is 10.0. The molecule has 5 nitrogen and oxygen atoms in total. The van der Waals surface area contributed by atoms with Gasteiger partial charge in [-0.15, -0.1) is 0 Å². The molecule has 0 N–H and O–H groups in total. The number of rotatable bonds is 5. The molecule has 0 aliphatic heterocycles. The van der Waals surface area contributed by atoms with E-state index in [-0.39, 0.29) is 12.5 Å². The number of benzene rings is 1. The van der Waals surface area contributed by atoms with Crippen LogP contribution in [-0.4, -0.2) is 36.1 Å². The molecule has 0 spiro atoms.